The lowest BCUT2D eigenvalue weighted by molar-refractivity contribution is -0.122. The van der Waals surface area contributed by atoms with E-state index in [4.69, 9.17) is 4.42 Å². The topological polar surface area (TPSA) is 62.6 Å². The number of aryl methyl sites for hydroxylation is 1. The summed E-state index contributed by atoms with van der Waals surface area (Å²) in [6.45, 7) is 4.14. The largest absolute Gasteiger partial charge is 0.465 e. The summed E-state index contributed by atoms with van der Waals surface area (Å²) in [6, 6.07) is 22.8. The Morgan fingerprint density at radius 2 is 1.48 bits per heavy atom. The van der Waals surface area contributed by atoms with Gasteiger partial charge in [0.1, 0.15) is 11.5 Å². The van der Waals surface area contributed by atoms with Gasteiger partial charge in [0.25, 0.3) is 0 Å². The van der Waals surface area contributed by atoms with Gasteiger partial charge in [-0.1, -0.05) is 43.3 Å². The number of anilines is 2. The summed E-state index contributed by atoms with van der Waals surface area (Å²) in [6.07, 6.45) is 0.555. The number of carbonyl (C=O) groups is 2. The van der Waals surface area contributed by atoms with Gasteiger partial charge in [0.2, 0.25) is 11.8 Å². The maximum Gasteiger partial charge on any atom is 0.231 e. The third-order valence-corrected chi connectivity index (χ3v) is 4.59. The zero-order chi connectivity index (χ0) is 20.6. The van der Waals surface area contributed by atoms with E-state index < -0.39 is 0 Å². The molecule has 5 heteroatoms. The summed E-state index contributed by atoms with van der Waals surface area (Å²) < 4.78 is 5.46. The molecule has 29 heavy (non-hydrogen) atoms. The van der Waals surface area contributed by atoms with E-state index in [2.05, 4.69) is 5.32 Å². The lowest BCUT2D eigenvalue weighted by Gasteiger charge is -2.24. The van der Waals surface area contributed by atoms with E-state index in [1.165, 1.54) is 0 Å². The van der Waals surface area contributed by atoms with Crippen LogP contribution in [0.4, 0.5) is 11.4 Å². The third-order valence-electron chi connectivity index (χ3n) is 4.59. The van der Waals surface area contributed by atoms with Crippen LogP contribution in [0.1, 0.15) is 31.3 Å². The highest BCUT2D eigenvalue weighted by atomic mass is 16.3. The minimum absolute atomic E-state index is 0.0376. The molecule has 2 aromatic carbocycles. The normalized spacial score (nSPS) is 11.7. The zero-order valence-electron chi connectivity index (χ0n) is 16.8. The van der Waals surface area contributed by atoms with Crippen molar-refractivity contribution in [2.45, 2.75) is 33.2 Å². The van der Waals surface area contributed by atoms with Crippen molar-refractivity contribution >= 4 is 23.2 Å². The van der Waals surface area contributed by atoms with Gasteiger partial charge in [-0.15, -0.1) is 0 Å². The first kappa shape index (κ1) is 20.4. The Labute approximate surface area is 171 Å². The van der Waals surface area contributed by atoms with Crippen LogP contribution in [0, 0.1) is 12.8 Å². The van der Waals surface area contributed by atoms with Crippen LogP contribution in [0.5, 0.6) is 0 Å². The number of nitrogens with zero attached hydrogens (tertiary/aromatic N) is 1. The molecule has 0 aliphatic heterocycles. The number of furan rings is 1. The Kier molecular flexibility index (Phi) is 6.85. The van der Waals surface area contributed by atoms with Gasteiger partial charge in [0.05, 0.1) is 6.54 Å². The molecule has 0 saturated heterocycles. The first-order valence-corrected chi connectivity index (χ1v) is 9.78. The number of para-hydroxylation sites is 2. The van der Waals surface area contributed by atoms with Crippen LogP contribution in [0.15, 0.2) is 77.2 Å². The van der Waals surface area contributed by atoms with Crippen LogP contribution >= 0.6 is 0 Å². The summed E-state index contributed by atoms with van der Waals surface area (Å²) >= 11 is 0. The molecule has 3 aromatic rings. The molecule has 0 spiro atoms. The molecule has 150 valence electrons. The number of amides is 2. The highest BCUT2D eigenvalue weighted by Crippen LogP contribution is 2.27. The molecule has 1 heterocycles. The van der Waals surface area contributed by atoms with Gasteiger partial charge in [0.15, 0.2) is 0 Å². The molecule has 0 fully saturated rings. The molecular formula is C24H26N2O3. The second-order valence-corrected chi connectivity index (χ2v) is 7.20. The second-order valence-electron chi connectivity index (χ2n) is 7.20. The second kappa shape index (κ2) is 9.73. The molecule has 0 aliphatic rings. The Morgan fingerprint density at radius 3 is 2.00 bits per heavy atom. The molecule has 1 aromatic heterocycles. The molecule has 0 aliphatic carbocycles. The molecule has 1 atom stereocenters. The number of carbonyl (C=O) groups excluding carboxylic acids is 2. The lowest BCUT2D eigenvalue weighted by Crippen LogP contribution is -2.29. The van der Waals surface area contributed by atoms with Gasteiger partial charge in [-0.2, -0.15) is 0 Å². The molecule has 3 rings (SSSR count). The van der Waals surface area contributed by atoms with Crippen molar-refractivity contribution in [1.29, 1.82) is 0 Å². The van der Waals surface area contributed by atoms with Crippen LogP contribution in [-0.2, 0) is 16.1 Å². The summed E-state index contributed by atoms with van der Waals surface area (Å²) in [4.78, 5) is 27.1. The number of hydrogen-bond donors (Lipinski definition) is 1. The predicted molar refractivity (Wildman–Crippen MR) is 114 cm³/mol. The molecule has 0 unspecified atom stereocenters. The highest BCUT2D eigenvalue weighted by Gasteiger charge is 2.21. The Hall–Kier alpha value is -3.34. The van der Waals surface area contributed by atoms with Crippen LogP contribution < -0.4 is 10.2 Å². The first-order valence-electron chi connectivity index (χ1n) is 9.78. The predicted octanol–water partition coefficient (Wildman–Crippen LogP) is 4.99. The van der Waals surface area contributed by atoms with Crippen LogP contribution in [0.25, 0.3) is 0 Å². The van der Waals surface area contributed by atoms with Crippen molar-refractivity contribution < 1.29 is 14.0 Å². The first-order chi connectivity index (χ1) is 14.0. The van der Waals surface area contributed by atoms with E-state index in [-0.39, 0.29) is 30.6 Å². The smallest absolute Gasteiger partial charge is 0.231 e. The van der Waals surface area contributed by atoms with E-state index >= 15 is 0 Å². The van der Waals surface area contributed by atoms with Crippen molar-refractivity contribution in [3.63, 3.8) is 0 Å². The Morgan fingerprint density at radius 1 is 0.897 bits per heavy atom. The van der Waals surface area contributed by atoms with Gasteiger partial charge in [-0.25, -0.2) is 0 Å². The fourth-order valence-electron chi connectivity index (χ4n) is 3.21. The maximum absolute atomic E-state index is 13.1. The highest BCUT2D eigenvalue weighted by molar-refractivity contribution is 6.00. The van der Waals surface area contributed by atoms with Gasteiger partial charge < -0.3 is 9.73 Å². The van der Waals surface area contributed by atoms with Crippen LogP contribution in [0.2, 0.25) is 0 Å². The van der Waals surface area contributed by atoms with Crippen LogP contribution in [0.3, 0.4) is 0 Å². The van der Waals surface area contributed by atoms with Crippen molar-refractivity contribution in [2.24, 2.45) is 5.92 Å². The molecule has 2 amide bonds. The number of hydrogen-bond acceptors (Lipinski definition) is 3. The summed E-state index contributed by atoms with van der Waals surface area (Å²) in [5.74, 6) is 1.32. The monoisotopic (exact) mass is 390 g/mol. The summed E-state index contributed by atoms with van der Waals surface area (Å²) in [7, 11) is 0. The number of benzene rings is 2. The van der Waals surface area contributed by atoms with E-state index in [9.17, 15) is 9.59 Å². The average Bonchev–Trinajstić information content (AvgIpc) is 3.13. The molecular weight excluding hydrogens is 364 g/mol. The molecule has 5 nitrogen and oxygen atoms in total. The minimum atomic E-state index is -0.0923. The van der Waals surface area contributed by atoms with E-state index in [0.29, 0.717) is 6.54 Å². The standard InChI is InChI=1S/C24H26N2O3/c1-18(15-23(27)25-17-22-14-13-19(2)29-22)16-24(28)26(20-9-5-3-6-10-20)21-11-7-4-8-12-21/h3-14,18H,15-17H2,1-2H3,(H,25,27)/t18-/m0/s1. The maximum atomic E-state index is 13.1. The molecule has 0 bridgehead atoms. The van der Waals surface area contributed by atoms with Crippen molar-refractivity contribution in [3.8, 4) is 0 Å². The fourth-order valence-corrected chi connectivity index (χ4v) is 3.21. The van der Waals surface area contributed by atoms with Crippen molar-refractivity contribution in [3.05, 3.63) is 84.3 Å². The fraction of sp³-hybridized carbons (Fsp3) is 0.250. The molecule has 1 N–H and O–H groups in total. The van der Waals surface area contributed by atoms with Crippen molar-refractivity contribution in [2.75, 3.05) is 4.90 Å². The third kappa shape index (κ3) is 5.82. The van der Waals surface area contributed by atoms with E-state index in [0.717, 1.165) is 22.9 Å². The summed E-state index contributed by atoms with van der Waals surface area (Å²) in [5.41, 5.74) is 1.63. The van der Waals surface area contributed by atoms with Crippen LogP contribution in [-0.4, -0.2) is 11.8 Å². The van der Waals surface area contributed by atoms with E-state index in [1.807, 2.05) is 86.6 Å². The summed E-state index contributed by atoms with van der Waals surface area (Å²) in [5, 5.41) is 2.85. The van der Waals surface area contributed by atoms with Gasteiger partial charge in [0, 0.05) is 24.2 Å². The number of rotatable bonds is 8. The van der Waals surface area contributed by atoms with Gasteiger partial charge >= 0.3 is 0 Å². The molecule has 0 radical (unpaired) electrons. The molecule has 0 saturated carbocycles. The van der Waals surface area contributed by atoms with E-state index in [1.54, 1.807) is 4.90 Å². The lowest BCUT2D eigenvalue weighted by atomic mass is 10.0. The SMILES string of the molecule is Cc1ccc(CNC(=O)C[C@H](C)CC(=O)N(c2ccccc2)c2ccccc2)o1. The Bertz CT molecular complexity index is 896. The zero-order valence-corrected chi connectivity index (χ0v) is 16.8. The number of nitrogens with one attached hydrogen (secondary N) is 1. The van der Waals surface area contributed by atoms with Crippen molar-refractivity contribution in [1.82, 2.24) is 5.32 Å². The van der Waals surface area contributed by atoms with Gasteiger partial charge in [-0.05, 0) is 49.2 Å². The average molecular weight is 390 g/mol. The quantitative estimate of drug-likeness (QED) is 0.590. The Balaban J connectivity index is 1.60. The van der Waals surface area contributed by atoms with Gasteiger partial charge in [-0.3, -0.25) is 14.5 Å². The minimum Gasteiger partial charge on any atom is -0.465 e.